The zero-order valence-corrected chi connectivity index (χ0v) is 16.8. The van der Waals surface area contributed by atoms with Gasteiger partial charge in [-0.1, -0.05) is 35.5 Å². The van der Waals surface area contributed by atoms with Gasteiger partial charge in [0.25, 0.3) is 5.91 Å². The van der Waals surface area contributed by atoms with Crippen molar-refractivity contribution in [2.24, 2.45) is 0 Å². The van der Waals surface area contributed by atoms with E-state index >= 15 is 0 Å². The highest BCUT2D eigenvalue weighted by Crippen LogP contribution is 2.24. The van der Waals surface area contributed by atoms with E-state index in [0.29, 0.717) is 43.5 Å². The molecule has 0 unspecified atom stereocenters. The van der Waals surface area contributed by atoms with Crippen LogP contribution >= 0.6 is 11.3 Å². The first kappa shape index (κ1) is 19.3. The van der Waals surface area contributed by atoms with Crippen LogP contribution in [0.3, 0.4) is 0 Å². The summed E-state index contributed by atoms with van der Waals surface area (Å²) in [6, 6.07) is 11.5. The number of aromatic nitrogens is 2. The van der Waals surface area contributed by atoms with Gasteiger partial charge >= 0.3 is 0 Å². The number of nitrogens with one attached hydrogen (secondary N) is 1. The molecule has 1 aliphatic rings. The number of aryl methyl sites for hydroxylation is 1. The van der Waals surface area contributed by atoms with Crippen molar-refractivity contribution in [3.05, 3.63) is 53.2 Å². The molecule has 1 aliphatic heterocycles. The third-order valence-corrected chi connectivity index (χ3v) is 5.56. The van der Waals surface area contributed by atoms with Crippen molar-refractivity contribution in [3.63, 3.8) is 0 Å². The van der Waals surface area contributed by atoms with Crippen LogP contribution in [0.4, 0.5) is 5.82 Å². The van der Waals surface area contributed by atoms with E-state index in [1.165, 1.54) is 11.3 Å². The predicted octanol–water partition coefficient (Wildman–Crippen LogP) is 2.50. The number of benzene rings is 1. The van der Waals surface area contributed by atoms with Gasteiger partial charge in [0.15, 0.2) is 5.82 Å². The minimum Gasteiger partial charge on any atom is -0.360 e. The Morgan fingerprint density at radius 2 is 1.93 bits per heavy atom. The lowest BCUT2D eigenvalue weighted by molar-refractivity contribution is -0.117. The molecule has 0 atom stereocenters. The Labute approximate surface area is 172 Å². The molecule has 0 spiro atoms. The molecular formula is C20H21N5O3S. The summed E-state index contributed by atoms with van der Waals surface area (Å²) in [6.07, 6.45) is 0. The normalized spacial score (nSPS) is 14.7. The number of rotatable bonds is 5. The second-order valence-corrected chi connectivity index (χ2v) is 7.70. The summed E-state index contributed by atoms with van der Waals surface area (Å²) in [5.74, 6) is 0.847. The average molecular weight is 411 g/mol. The maximum absolute atomic E-state index is 12.8. The van der Waals surface area contributed by atoms with Crippen LogP contribution in [-0.4, -0.2) is 64.5 Å². The molecule has 3 heterocycles. The lowest BCUT2D eigenvalue weighted by atomic mass is 10.2. The number of piperazine rings is 1. The summed E-state index contributed by atoms with van der Waals surface area (Å²) in [4.78, 5) is 33.2. The van der Waals surface area contributed by atoms with Crippen LogP contribution in [0, 0.1) is 6.92 Å². The molecule has 2 aromatic heterocycles. The van der Waals surface area contributed by atoms with E-state index in [-0.39, 0.29) is 18.4 Å². The second-order valence-electron chi connectivity index (χ2n) is 6.84. The minimum absolute atomic E-state index is 0.0643. The summed E-state index contributed by atoms with van der Waals surface area (Å²) >= 11 is 1.47. The summed E-state index contributed by atoms with van der Waals surface area (Å²) < 4.78 is 4.94. The molecule has 3 aromatic rings. The van der Waals surface area contributed by atoms with Crippen LogP contribution in [0.5, 0.6) is 0 Å². The molecule has 2 amide bonds. The molecule has 1 saturated heterocycles. The number of amides is 2. The third kappa shape index (κ3) is 4.69. The fourth-order valence-electron chi connectivity index (χ4n) is 3.17. The van der Waals surface area contributed by atoms with E-state index in [4.69, 9.17) is 4.52 Å². The van der Waals surface area contributed by atoms with Crippen LogP contribution in [0.1, 0.15) is 16.2 Å². The number of thiazole rings is 1. The highest BCUT2D eigenvalue weighted by atomic mass is 32.1. The third-order valence-electron chi connectivity index (χ3n) is 4.67. The van der Waals surface area contributed by atoms with Gasteiger partial charge in [-0.3, -0.25) is 14.5 Å². The van der Waals surface area contributed by atoms with E-state index < -0.39 is 0 Å². The summed E-state index contributed by atoms with van der Waals surface area (Å²) in [5.41, 5.74) is 1.48. The maximum atomic E-state index is 12.8. The minimum atomic E-state index is -0.148. The monoisotopic (exact) mass is 411 g/mol. The number of carbonyl (C=O) groups is 2. The Bertz CT molecular complexity index is 992. The van der Waals surface area contributed by atoms with Crippen molar-refractivity contribution in [1.82, 2.24) is 19.9 Å². The van der Waals surface area contributed by atoms with Crippen LogP contribution in [0.15, 0.2) is 46.3 Å². The number of carbonyl (C=O) groups excluding carboxylic acids is 2. The largest absolute Gasteiger partial charge is 0.360 e. The fourth-order valence-corrected chi connectivity index (χ4v) is 3.97. The molecule has 150 valence electrons. The molecule has 1 fully saturated rings. The predicted molar refractivity (Wildman–Crippen MR) is 110 cm³/mol. The van der Waals surface area contributed by atoms with Crippen LogP contribution in [-0.2, 0) is 4.79 Å². The fraction of sp³-hybridized carbons (Fsp3) is 0.300. The van der Waals surface area contributed by atoms with Gasteiger partial charge in [0, 0.05) is 43.2 Å². The summed E-state index contributed by atoms with van der Waals surface area (Å²) in [5, 5.41) is 9.12. The highest BCUT2D eigenvalue weighted by Gasteiger charge is 2.25. The van der Waals surface area contributed by atoms with Crippen molar-refractivity contribution in [2.45, 2.75) is 6.92 Å². The van der Waals surface area contributed by atoms with Gasteiger partial charge < -0.3 is 14.7 Å². The molecule has 8 nitrogen and oxygen atoms in total. The lowest BCUT2D eigenvalue weighted by Crippen LogP contribution is -2.50. The van der Waals surface area contributed by atoms with E-state index in [1.54, 1.807) is 17.9 Å². The Morgan fingerprint density at radius 3 is 2.62 bits per heavy atom. The Balaban J connectivity index is 1.28. The van der Waals surface area contributed by atoms with Crippen molar-refractivity contribution in [1.29, 1.82) is 0 Å². The molecule has 29 heavy (non-hydrogen) atoms. The van der Waals surface area contributed by atoms with E-state index in [2.05, 4.69) is 15.5 Å². The Hall–Kier alpha value is -3.04. The topological polar surface area (TPSA) is 91.6 Å². The smallest absolute Gasteiger partial charge is 0.273 e. The molecular weight excluding hydrogens is 390 g/mol. The number of hydrogen-bond acceptors (Lipinski definition) is 7. The lowest BCUT2D eigenvalue weighted by Gasteiger charge is -2.33. The second kappa shape index (κ2) is 8.54. The Kier molecular flexibility index (Phi) is 5.68. The van der Waals surface area contributed by atoms with Gasteiger partial charge in [-0.15, -0.1) is 11.3 Å². The molecule has 0 bridgehead atoms. The number of hydrogen-bond donors (Lipinski definition) is 1. The molecule has 0 radical (unpaired) electrons. The quantitative estimate of drug-likeness (QED) is 0.694. The van der Waals surface area contributed by atoms with Crippen molar-refractivity contribution < 1.29 is 14.1 Å². The molecule has 0 aliphatic carbocycles. The molecule has 4 rings (SSSR count). The maximum Gasteiger partial charge on any atom is 0.273 e. The van der Waals surface area contributed by atoms with Crippen molar-refractivity contribution in [2.75, 3.05) is 38.0 Å². The number of nitrogens with zero attached hydrogens (tertiary/aromatic N) is 4. The van der Waals surface area contributed by atoms with Crippen LogP contribution in [0.2, 0.25) is 0 Å². The summed E-state index contributed by atoms with van der Waals surface area (Å²) in [7, 11) is 0. The first-order chi connectivity index (χ1) is 14.1. The van der Waals surface area contributed by atoms with Gasteiger partial charge in [-0.2, -0.15) is 0 Å². The average Bonchev–Trinajstić information content (AvgIpc) is 3.38. The van der Waals surface area contributed by atoms with Crippen LogP contribution in [0.25, 0.3) is 10.6 Å². The highest BCUT2D eigenvalue weighted by molar-refractivity contribution is 7.13. The molecule has 9 heteroatoms. The molecule has 1 aromatic carbocycles. The van der Waals surface area contributed by atoms with Gasteiger partial charge in [-0.05, 0) is 6.92 Å². The standard InChI is InChI=1S/C20H21N5O3S/c1-14-11-17(23-28-14)22-18(26)12-24-7-9-25(10-8-24)20(27)16-13-29-19(21-16)15-5-3-2-4-6-15/h2-6,11,13H,7-10,12H2,1H3,(H,22,23,26). The van der Waals surface area contributed by atoms with Gasteiger partial charge in [0.2, 0.25) is 5.91 Å². The SMILES string of the molecule is Cc1cc(NC(=O)CN2CCN(C(=O)c3csc(-c4ccccc4)n3)CC2)no1. The van der Waals surface area contributed by atoms with Crippen molar-refractivity contribution >= 4 is 29.0 Å². The zero-order chi connectivity index (χ0) is 20.2. The van der Waals surface area contributed by atoms with E-state index in [0.717, 1.165) is 10.6 Å². The van der Waals surface area contributed by atoms with Crippen molar-refractivity contribution in [3.8, 4) is 10.6 Å². The molecule has 0 saturated carbocycles. The molecule has 1 N–H and O–H groups in total. The van der Waals surface area contributed by atoms with E-state index in [1.807, 2.05) is 40.6 Å². The number of anilines is 1. The first-order valence-corrected chi connectivity index (χ1v) is 10.2. The Morgan fingerprint density at radius 1 is 1.17 bits per heavy atom. The van der Waals surface area contributed by atoms with Gasteiger partial charge in [0.05, 0.1) is 6.54 Å². The summed E-state index contributed by atoms with van der Waals surface area (Å²) in [6.45, 7) is 4.41. The first-order valence-electron chi connectivity index (χ1n) is 9.34. The zero-order valence-electron chi connectivity index (χ0n) is 16.0. The van der Waals surface area contributed by atoms with E-state index in [9.17, 15) is 9.59 Å². The van der Waals surface area contributed by atoms with Crippen LogP contribution < -0.4 is 5.32 Å². The van der Waals surface area contributed by atoms with Gasteiger partial charge in [-0.25, -0.2) is 4.98 Å². The van der Waals surface area contributed by atoms with Gasteiger partial charge in [0.1, 0.15) is 16.5 Å².